The molecule has 0 spiro atoms. The molecule has 2 aromatic rings. The lowest BCUT2D eigenvalue weighted by Crippen LogP contribution is -2.38. The van der Waals surface area contributed by atoms with E-state index in [1.165, 1.54) is 43.4 Å². The highest BCUT2D eigenvalue weighted by Crippen LogP contribution is 2.58. The Morgan fingerprint density at radius 2 is 1.84 bits per heavy atom. The predicted octanol–water partition coefficient (Wildman–Crippen LogP) is 7.75. The summed E-state index contributed by atoms with van der Waals surface area (Å²) in [5.41, 5.74) is 6.57. The van der Waals surface area contributed by atoms with Crippen LogP contribution >= 0.6 is 0 Å². The van der Waals surface area contributed by atoms with Crippen LogP contribution in [0.3, 0.4) is 0 Å². The zero-order chi connectivity index (χ0) is 30.4. The van der Waals surface area contributed by atoms with Crippen molar-refractivity contribution in [2.24, 2.45) is 40.5 Å². The zero-order valence-electron chi connectivity index (χ0n) is 27.2. The summed E-state index contributed by atoms with van der Waals surface area (Å²) in [6.45, 7) is 5.51. The van der Waals surface area contributed by atoms with Gasteiger partial charge in [0.25, 0.3) is 0 Å². The molecule has 5 nitrogen and oxygen atoms in total. The summed E-state index contributed by atoms with van der Waals surface area (Å²) in [5, 5.41) is 0. The molecule has 0 saturated heterocycles. The van der Waals surface area contributed by atoms with E-state index in [0.717, 1.165) is 67.8 Å². The van der Waals surface area contributed by atoms with Crippen LogP contribution in [0.15, 0.2) is 53.9 Å². The van der Waals surface area contributed by atoms with Crippen molar-refractivity contribution in [3.63, 3.8) is 0 Å². The van der Waals surface area contributed by atoms with Crippen molar-refractivity contribution in [2.45, 2.75) is 102 Å². The molecule has 3 heterocycles. The summed E-state index contributed by atoms with van der Waals surface area (Å²) >= 11 is 0. The van der Waals surface area contributed by atoms with E-state index in [1.54, 1.807) is 12.7 Å². The van der Waals surface area contributed by atoms with Gasteiger partial charge in [0.2, 0.25) is 5.71 Å². The molecule has 1 aromatic heterocycles. The number of aromatic nitrogens is 2. The van der Waals surface area contributed by atoms with Crippen LogP contribution in [0.5, 0.6) is 0 Å². The van der Waals surface area contributed by atoms with Crippen LogP contribution in [0.2, 0.25) is 0 Å². The fourth-order valence-electron chi connectivity index (χ4n) is 9.61. The molecule has 0 N–H and O–H groups in total. The number of hydrogen-bond donors (Lipinski definition) is 0. The minimum atomic E-state index is -0.565. The number of allylic oxidation sites excluding steroid dienone is 1. The van der Waals surface area contributed by atoms with Crippen molar-refractivity contribution in [1.82, 2.24) is 9.55 Å². The summed E-state index contributed by atoms with van der Waals surface area (Å²) < 4.78 is 24.3. The fourth-order valence-corrected chi connectivity index (χ4v) is 9.61. The van der Waals surface area contributed by atoms with E-state index in [2.05, 4.69) is 70.7 Å². The molecule has 44 heavy (non-hydrogen) atoms. The first-order chi connectivity index (χ1) is 21.4. The molecule has 3 fully saturated rings. The standard InChI is InChI=1S/C38H52FN4O/c1-24(27-12-14-30(39)15-13-27)20-26-8-10-28(11-9-26)31-7-5-6-29-18-19-42(3)37(33-21-32(33)36(29)31)34-16-17-35(38(41-34)44-4)43-22-25(2)40-23-43/h8-11,16-17,22-24,27,29-33,35-36,38H,5-7,12-15,18-21H2,1-4H3/q+1. The number of imidazole rings is 1. The highest BCUT2D eigenvalue weighted by Gasteiger charge is 2.56. The molecule has 8 atom stereocenters. The molecule has 6 heteroatoms. The Bertz CT molecular complexity index is 1400. The Hall–Kier alpha value is -2.60. The number of halogens is 1. The second kappa shape index (κ2) is 12.7. The van der Waals surface area contributed by atoms with E-state index in [0.29, 0.717) is 23.7 Å². The van der Waals surface area contributed by atoms with Gasteiger partial charge in [-0.2, -0.15) is 0 Å². The van der Waals surface area contributed by atoms with Crippen molar-refractivity contribution in [2.75, 3.05) is 20.7 Å². The molecular weight excluding hydrogens is 547 g/mol. The fraction of sp³-hybridized carbons (Fsp3) is 0.658. The first kappa shape index (κ1) is 30.1. The van der Waals surface area contributed by atoms with Crippen LogP contribution in [0.25, 0.3) is 0 Å². The number of dihydropyridines is 1. The number of aliphatic imine (C=N–C) groups is 1. The topological polar surface area (TPSA) is 42.4 Å². The minimum absolute atomic E-state index is 0.0302. The largest absolute Gasteiger partial charge is 0.357 e. The number of rotatable bonds is 7. The SMILES string of the molecule is COC1N=C(C2=[N+](C)CCC3CCCC(c4ccc(CC(C)C5CCC(F)CC5)cc4)C3C3CC23)C=CC1n1cnc(C)c1. The van der Waals surface area contributed by atoms with Gasteiger partial charge in [-0.25, -0.2) is 18.9 Å². The van der Waals surface area contributed by atoms with Crippen LogP contribution in [0.1, 0.15) is 93.5 Å². The van der Waals surface area contributed by atoms with Gasteiger partial charge in [-0.05, 0) is 111 Å². The Kier molecular flexibility index (Phi) is 8.65. The first-order valence-electron chi connectivity index (χ1n) is 17.5. The third kappa shape index (κ3) is 6.00. The van der Waals surface area contributed by atoms with E-state index >= 15 is 0 Å². The number of methoxy groups -OCH3 is 1. The third-order valence-corrected chi connectivity index (χ3v) is 12.1. The smallest absolute Gasteiger partial charge is 0.204 e. The lowest BCUT2D eigenvalue weighted by Gasteiger charge is -2.40. The number of fused-ring (bicyclic) bond motifs is 3. The molecule has 2 aliphatic heterocycles. The van der Waals surface area contributed by atoms with Gasteiger partial charge >= 0.3 is 0 Å². The molecule has 8 unspecified atom stereocenters. The van der Waals surface area contributed by atoms with Crippen LogP contribution in [0.4, 0.5) is 4.39 Å². The Labute approximate surface area is 263 Å². The van der Waals surface area contributed by atoms with Crippen molar-refractivity contribution in [3.8, 4) is 0 Å². The molecular formula is C38H52FN4O+. The number of aryl methyl sites for hydroxylation is 1. The summed E-state index contributed by atoms with van der Waals surface area (Å²) in [5.74, 6) is 4.85. The molecule has 5 aliphatic rings. The molecule has 3 aliphatic carbocycles. The molecule has 1 aromatic carbocycles. The highest BCUT2D eigenvalue weighted by atomic mass is 19.1. The van der Waals surface area contributed by atoms with E-state index in [9.17, 15) is 4.39 Å². The molecule has 0 radical (unpaired) electrons. The maximum Gasteiger partial charge on any atom is 0.204 e. The van der Waals surface area contributed by atoms with Crippen LogP contribution < -0.4 is 0 Å². The Morgan fingerprint density at radius 1 is 1.05 bits per heavy atom. The van der Waals surface area contributed by atoms with Gasteiger partial charge in [0.15, 0.2) is 6.23 Å². The lowest BCUT2D eigenvalue weighted by atomic mass is 9.65. The summed E-state index contributed by atoms with van der Waals surface area (Å²) in [6, 6.07) is 9.80. The highest BCUT2D eigenvalue weighted by molar-refractivity contribution is 6.46. The van der Waals surface area contributed by atoms with Gasteiger partial charge in [0.05, 0.1) is 18.1 Å². The Balaban J connectivity index is 1.07. The van der Waals surface area contributed by atoms with Crippen LogP contribution in [-0.4, -0.2) is 58.7 Å². The maximum atomic E-state index is 13.7. The second-order valence-corrected chi connectivity index (χ2v) is 14.9. The number of hydrogen-bond acceptors (Lipinski definition) is 3. The van der Waals surface area contributed by atoms with Gasteiger partial charge in [-0.1, -0.05) is 43.7 Å². The van der Waals surface area contributed by atoms with Crippen LogP contribution in [0, 0.1) is 42.4 Å². The van der Waals surface area contributed by atoms with Gasteiger partial charge in [0.1, 0.15) is 25.5 Å². The summed E-state index contributed by atoms with van der Waals surface area (Å²) in [7, 11) is 4.06. The van der Waals surface area contributed by atoms with Crippen molar-refractivity contribution in [1.29, 1.82) is 0 Å². The first-order valence-corrected chi connectivity index (χ1v) is 17.5. The van der Waals surface area contributed by atoms with Crippen LogP contribution in [-0.2, 0) is 11.2 Å². The molecule has 236 valence electrons. The maximum absolute atomic E-state index is 13.7. The van der Waals surface area contributed by atoms with Crippen molar-refractivity contribution < 1.29 is 13.7 Å². The predicted molar refractivity (Wildman–Crippen MR) is 175 cm³/mol. The quantitative estimate of drug-likeness (QED) is 0.306. The molecule has 0 bridgehead atoms. The Morgan fingerprint density at radius 3 is 2.57 bits per heavy atom. The molecule has 0 amide bonds. The van der Waals surface area contributed by atoms with Gasteiger partial charge in [-0.15, -0.1) is 0 Å². The average Bonchev–Trinajstić information content (AvgIpc) is 3.67. The molecule has 7 rings (SSSR count). The zero-order valence-corrected chi connectivity index (χ0v) is 27.2. The number of ether oxygens (including phenoxy) is 1. The normalized spacial score (nSPS) is 36.1. The van der Waals surface area contributed by atoms with Gasteiger partial charge < -0.3 is 9.30 Å². The van der Waals surface area contributed by atoms with Gasteiger partial charge in [0, 0.05) is 25.6 Å². The number of benzene rings is 1. The van der Waals surface area contributed by atoms with E-state index in [-0.39, 0.29) is 12.3 Å². The van der Waals surface area contributed by atoms with Gasteiger partial charge in [-0.3, -0.25) is 0 Å². The summed E-state index contributed by atoms with van der Waals surface area (Å²) in [6.07, 6.45) is 19.0. The second-order valence-electron chi connectivity index (χ2n) is 14.9. The van der Waals surface area contributed by atoms with E-state index in [1.807, 2.05) is 13.3 Å². The molecule has 3 saturated carbocycles. The third-order valence-electron chi connectivity index (χ3n) is 12.1. The summed E-state index contributed by atoms with van der Waals surface area (Å²) in [4.78, 5) is 9.64. The average molecular weight is 600 g/mol. The van der Waals surface area contributed by atoms with Crippen molar-refractivity contribution >= 4 is 11.4 Å². The number of alkyl halides is 1. The lowest BCUT2D eigenvalue weighted by molar-refractivity contribution is -0.500. The van der Waals surface area contributed by atoms with E-state index < -0.39 is 6.17 Å². The minimum Gasteiger partial charge on any atom is -0.357 e. The van der Waals surface area contributed by atoms with Crippen molar-refractivity contribution in [3.05, 3.63) is 65.8 Å². The number of nitrogens with zero attached hydrogens (tertiary/aromatic N) is 4. The monoisotopic (exact) mass is 599 g/mol. The van der Waals surface area contributed by atoms with E-state index in [4.69, 9.17) is 9.73 Å².